The summed E-state index contributed by atoms with van der Waals surface area (Å²) in [6.07, 6.45) is 0.279. The zero-order chi connectivity index (χ0) is 14.8. The van der Waals surface area contributed by atoms with Gasteiger partial charge in [0.25, 0.3) is 0 Å². The molecule has 0 heterocycles. The highest BCUT2D eigenvalue weighted by molar-refractivity contribution is 7.85. The molecule has 0 aromatic heterocycles. The normalized spacial score (nSPS) is 12.2. The van der Waals surface area contributed by atoms with Crippen molar-refractivity contribution >= 4 is 27.0 Å². The molecule has 0 unspecified atom stereocenters. The van der Waals surface area contributed by atoms with Crippen LogP contribution in [0, 0.1) is 6.92 Å². The molecular weight excluding hydrogens is 306 g/mol. The van der Waals surface area contributed by atoms with E-state index in [4.69, 9.17) is 0 Å². The van der Waals surface area contributed by atoms with E-state index in [-0.39, 0.29) is 23.0 Å². The molecule has 1 aromatic carbocycles. The van der Waals surface area contributed by atoms with Crippen LogP contribution in [0.15, 0.2) is 12.1 Å². The van der Waals surface area contributed by atoms with Crippen molar-refractivity contribution in [3.63, 3.8) is 0 Å². The maximum Gasteiger partial charge on any atom is 0.488 e. The third-order valence-electron chi connectivity index (χ3n) is 2.12. The molecule has 1 rings (SSSR count). The summed E-state index contributed by atoms with van der Waals surface area (Å²) in [4.78, 5) is 10.7. The number of carbonyl (C=O) groups is 1. The topological polar surface area (TPSA) is 94.6 Å². The molecule has 10 heteroatoms. The molecule has 0 atom stereocenters. The third-order valence-corrected chi connectivity index (χ3v) is 3.17. The van der Waals surface area contributed by atoms with Gasteiger partial charge < -0.3 is 4.18 Å². The molecule has 0 fully saturated rings. The van der Waals surface area contributed by atoms with Crippen molar-refractivity contribution in [1.29, 1.82) is 0 Å². The van der Waals surface area contributed by atoms with Gasteiger partial charge in [-0.3, -0.25) is 4.79 Å². The van der Waals surface area contributed by atoms with Gasteiger partial charge in [0.05, 0.1) is 0 Å². The minimum atomic E-state index is -5.34. The highest BCUT2D eigenvalue weighted by atomic mass is 32.3. The largest absolute Gasteiger partial charge is 0.488 e. The summed E-state index contributed by atoms with van der Waals surface area (Å²) in [6.45, 7) is 1.26. The highest BCUT2D eigenvalue weighted by Crippen LogP contribution is 2.26. The molecular formula is C9H8F2O6S2. The molecule has 6 nitrogen and oxygen atoms in total. The van der Waals surface area contributed by atoms with Gasteiger partial charge in [-0.2, -0.15) is 16.8 Å². The molecule has 0 aliphatic heterocycles. The lowest BCUT2D eigenvalue weighted by atomic mass is 10.1. The number of benzene rings is 1. The van der Waals surface area contributed by atoms with Gasteiger partial charge in [-0.25, -0.2) is 0 Å². The van der Waals surface area contributed by atoms with Crippen molar-refractivity contribution in [1.82, 2.24) is 0 Å². The van der Waals surface area contributed by atoms with Gasteiger partial charge in [0, 0.05) is 11.1 Å². The standard InChI is InChI=1S/C9H8F2O6S2/c1-6-8(4-12)2-7(5-18(10,13)14)3-9(6)17-19(11,15)16/h2-4H,5H2,1H3. The first-order valence-electron chi connectivity index (χ1n) is 4.67. The summed E-state index contributed by atoms with van der Waals surface area (Å²) in [5, 5.41) is 0. The average Bonchev–Trinajstić information content (AvgIpc) is 2.18. The van der Waals surface area contributed by atoms with E-state index in [2.05, 4.69) is 4.18 Å². The van der Waals surface area contributed by atoms with E-state index in [1.54, 1.807) is 0 Å². The molecule has 0 aliphatic carbocycles. The molecule has 0 spiro atoms. The van der Waals surface area contributed by atoms with E-state index in [1.807, 2.05) is 0 Å². The van der Waals surface area contributed by atoms with Crippen LogP contribution in [0.2, 0.25) is 0 Å². The minimum absolute atomic E-state index is 0.0174. The van der Waals surface area contributed by atoms with Crippen molar-refractivity contribution < 1.29 is 33.6 Å². The molecule has 0 bridgehead atoms. The lowest BCUT2D eigenvalue weighted by molar-refractivity contribution is 0.112. The van der Waals surface area contributed by atoms with E-state index >= 15 is 0 Å². The third kappa shape index (κ3) is 4.91. The van der Waals surface area contributed by atoms with E-state index < -0.39 is 32.2 Å². The summed E-state index contributed by atoms with van der Waals surface area (Å²) in [7, 11) is -10.2. The van der Waals surface area contributed by atoms with Crippen LogP contribution in [-0.2, 0) is 26.5 Å². The first-order valence-corrected chi connectivity index (χ1v) is 7.53. The van der Waals surface area contributed by atoms with Crippen molar-refractivity contribution in [3.8, 4) is 5.75 Å². The van der Waals surface area contributed by atoms with Gasteiger partial charge in [-0.05, 0) is 24.6 Å². The quantitative estimate of drug-likeness (QED) is 0.598. The summed E-state index contributed by atoms with van der Waals surface area (Å²) < 4.78 is 70.7. The Morgan fingerprint density at radius 1 is 1.21 bits per heavy atom. The summed E-state index contributed by atoms with van der Waals surface area (Å²) in [5.74, 6) is -1.66. The predicted molar refractivity (Wildman–Crippen MR) is 61.0 cm³/mol. The second-order valence-corrected chi connectivity index (χ2v) is 5.90. The molecule has 0 saturated heterocycles. The summed E-state index contributed by atoms with van der Waals surface area (Å²) >= 11 is 0. The van der Waals surface area contributed by atoms with E-state index in [1.165, 1.54) is 6.92 Å². The van der Waals surface area contributed by atoms with Crippen LogP contribution in [0.4, 0.5) is 7.77 Å². The fraction of sp³-hybridized carbons (Fsp3) is 0.222. The van der Waals surface area contributed by atoms with Crippen LogP contribution >= 0.6 is 0 Å². The maximum atomic E-state index is 12.5. The van der Waals surface area contributed by atoms with Crippen LogP contribution in [-0.4, -0.2) is 23.1 Å². The summed E-state index contributed by atoms with van der Waals surface area (Å²) in [5.41, 5.74) is -0.398. The van der Waals surface area contributed by atoms with Gasteiger partial charge in [0.2, 0.25) is 0 Å². The van der Waals surface area contributed by atoms with Crippen molar-refractivity contribution in [2.24, 2.45) is 0 Å². The van der Waals surface area contributed by atoms with Gasteiger partial charge in [0.1, 0.15) is 17.8 Å². The SMILES string of the molecule is Cc1c(C=O)cc(CS(=O)(=O)F)cc1OS(=O)(=O)F. The fourth-order valence-electron chi connectivity index (χ4n) is 1.37. The zero-order valence-corrected chi connectivity index (χ0v) is 11.1. The Bertz CT molecular complexity index is 708. The number of hydrogen-bond donors (Lipinski definition) is 0. The van der Waals surface area contributed by atoms with Gasteiger partial charge in [-0.1, -0.05) is 3.89 Å². The zero-order valence-electron chi connectivity index (χ0n) is 9.46. The van der Waals surface area contributed by atoms with Gasteiger partial charge in [0.15, 0.2) is 0 Å². The fourth-order valence-corrected chi connectivity index (χ4v) is 2.32. The van der Waals surface area contributed by atoms with Gasteiger partial charge in [-0.15, -0.1) is 3.89 Å². The van der Waals surface area contributed by atoms with Crippen LogP contribution in [0.5, 0.6) is 5.75 Å². The molecule has 19 heavy (non-hydrogen) atoms. The second kappa shape index (κ2) is 5.21. The Morgan fingerprint density at radius 2 is 1.79 bits per heavy atom. The summed E-state index contributed by atoms with van der Waals surface area (Å²) in [6, 6.07) is 1.87. The predicted octanol–water partition coefficient (Wildman–Crippen LogP) is 1.20. The first kappa shape index (κ1) is 15.5. The second-order valence-electron chi connectivity index (χ2n) is 3.59. The van der Waals surface area contributed by atoms with Gasteiger partial charge >= 0.3 is 20.7 Å². The first-order chi connectivity index (χ1) is 8.52. The van der Waals surface area contributed by atoms with Crippen molar-refractivity contribution in [3.05, 3.63) is 28.8 Å². The van der Waals surface area contributed by atoms with Crippen molar-refractivity contribution in [2.75, 3.05) is 0 Å². The molecule has 0 aliphatic rings. The number of rotatable bonds is 5. The molecule has 0 amide bonds. The Hall–Kier alpha value is -1.55. The Kier molecular flexibility index (Phi) is 4.25. The van der Waals surface area contributed by atoms with Crippen LogP contribution in [0.3, 0.4) is 0 Å². The lowest BCUT2D eigenvalue weighted by Gasteiger charge is -2.09. The molecule has 0 saturated carbocycles. The molecule has 0 radical (unpaired) electrons. The highest BCUT2D eigenvalue weighted by Gasteiger charge is 2.18. The average molecular weight is 314 g/mol. The van der Waals surface area contributed by atoms with Crippen LogP contribution in [0.1, 0.15) is 21.5 Å². The number of hydrogen-bond acceptors (Lipinski definition) is 6. The Balaban J connectivity index is 3.38. The monoisotopic (exact) mass is 314 g/mol. The van der Waals surface area contributed by atoms with E-state index in [0.717, 1.165) is 12.1 Å². The molecule has 1 aromatic rings. The maximum absolute atomic E-state index is 12.5. The van der Waals surface area contributed by atoms with Crippen molar-refractivity contribution in [2.45, 2.75) is 12.7 Å². The van der Waals surface area contributed by atoms with Crippen LogP contribution in [0.25, 0.3) is 0 Å². The number of halogens is 2. The smallest absolute Gasteiger partial charge is 0.358 e. The Morgan fingerprint density at radius 3 is 2.21 bits per heavy atom. The molecule has 106 valence electrons. The number of aldehydes is 1. The van der Waals surface area contributed by atoms with Crippen LogP contribution < -0.4 is 4.18 Å². The minimum Gasteiger partial charge on any atom is -0.358 e. The number of carbonyl (C=O) groups excluding carboxylic acids is 1. The Labute approximate surface area is 108 Å². The lowest BCUT2D eigenvalue weighted by Crippen LogP contribution is -2.06. The van der Waals surface area contributed by atoms with E-state index in [9.17, 15) is 29.4 Å². The van der Waals surface area contributed by atoms with E-state index in [0.29, 0.717) is 0 Å². The molecule has 0 N–H and O–H groups in total.